The predicted molar refractivity (Wildman–Crippen MR) is 152 cm³/mol. The van der Waals surface area contributed by atoms with E-state index in [1.165, 1.54) is 6.92 Å². The molecule has 4 aromatic rings. The summed E-state index contributed by atoms with van der Waals surface area (Å²) in [6.07, 6.45) is 3.82. The Balaban J connectivity index is 1.62. The Morgan fingerprint density at radius 3 is 2.55 bits per heavy atom. The number of rotatable bonds is 8. The van der Waals surface area contributed by atoms with Gasteiger partial charge in [-0.1, -0.05) is 6.07 Å². The summed E-state index contributed by atoms with van der Waals surface area (Å²) >= 11 is 5.89. The van der Waals surface area contributed by atoms with E-state index in [2.05, 4.69) is 31.2 Å². The van der Waals surface area contributed by atoms with Crippen molar-refractivity contribution >= 4 is 34.6 Å². The quantitative estimate of drug-likeness (QED) is 0.296. The Morgan fingerprint density at radius 1 is 1.08 bits per heavy atom. The first kappa shape index (κ1) is 25.3. The van der Waals surface area contributed by atoms with Gasteiger partial charge in [0.05, 0.1) is 31.1 Å². The van der Waals surface area contributed by atoms with E-state index in [1.54, 1.807) is 13.3 Å². The Morgan fingerprint density at radius 2 is 1.87 bits per heavy atom. The summed E-state index contributed by atoms with van der Waals surface area (Å²) in [4.78, 5) is 18.6. The van der Waals surface area contributed by atoms with Crippen molar-refractivity contribution in [1.82, 2.24) is 14.9 Å². The molecule has 8 nitrogen and oxygen atoms in total. The molecule has 1 aliphatic heterocycles. The molecule has 5 rings (SSSR count). The molecule has 0 saturated carbocycles. The minimum atomic E-state index is -0.238. The smallest absolute Gasteiger partial charge is 0.221 e. The van der Waals surface area contributed by atoms with Crippen LogP contribution >= 0.6 is 12.2 Å². The number of methoxy groups -OCH3 is 1. The molecule has 3 heterocycles. The van der Waals surface area contributed by atoms with Crippen LogP contribution in [0, 0.1) is 0 Å². The van der Waals surface area contributed by atoms with Gasteiger partial charge in [-0.15, -0.1) is 0 Å². The van der Waals surface area contributed by atoms with Crippen molar-refractivity contribution in [2.24, 2.45) is 0 Å². The van der Waals surface area contributed by atoms with Gasteiger partial charge in [-0.25, -0.2) is 0 Å². The van der Waals surface area contributed by atoms with Crippen LogP contribution in [0.5, 0.6) is 11.5 Å². The SMILES string of the molecule is CCOc1ccc(-n2cccc2[C@@H]2[C@H](c3ccccn3)NC(=S)N2c2ccc(OC)c(NC(C)=O)c2)cc1. The van der Waals surface area contributed by atoms with Crippen LogP contribution < -0.4 is 25.0 Å². The van der Waals surface area contributed by atoms with Crippen molar-refractivity contribution in [3.63, 3.8) is 0 Å². The van der Waals surface area contributed by atoms with Crippen LogP contribution in [0.1, 0.15) is 37.3 Å². The van der Waals surface area contributed by atoms with Crippen LogP contribution in [-0.2, 0) is 4.79 Å². The first-order valence-electron chi connectivity index (χ1n) is 12.4. The number of carbonyl (C=O) groups excluding carboxylic acids is 1. The zero-order valence-electron chi connectivity index (χ0n) is 21.4. The number of nitrogens with zero attached hydrogens (tertiary/aromatic N) is 3. The number of pyridine rings is 1. The number of anilines is 2. The average molecular weight is 528 g/mol. The van der Waals surface area contributed by atoms with Crippen LogP contribution in [-0.4, -0.2) is 34.3 Å². The molecule has 1 fully saturated rings. The van der Waals surface area contributed by atoms with Crippen LogP contribution in [0.25, 0.3) is 5.69 Å². The zero-order valence-corrected chi connectivity index (χ0v) is 22.2. The molecule has 9 heteroatoms. The van der Waals surface area contributed by atoms with Crippen LogP contribution in [0.4, 0.5) is 11.4 Å². The Bertz CT molecular complexity index is 1440. The maximum Gasteiger partial charge on any atom is 0.221 e. The van der Waals surface area contributed by atoms with Crippen LogP contribution in [0.15, 0.2) is 85.2 Å². The van der Waals surface area contributed by atoms with Gasteiger partial charge in [0.25, 0.3) is 0 Å². The number of hydrogen-bond acceptors (Lipinski definition) is 5. The molecule has 1 amide bonds. The molecule has 1 saturated heterocycles. The molecule has 2 atom stereocenters. The van der Waals surface area contributed by atoms with E-state index in [0.29, 0.717) is 23.2 Å². The van der Waals surface area contributed by atoms with Gasteiger partial charge in [0, 0.05) is 36.4 Å². The van der Waals surface area contributed by atoms with Crippen molar-refractivity contribution < 1.29 is 14.3 Å². The molecule has 0 unspecified atom stereocenters. The highest BCUT2D eigenvalue weighted by molar-refractivity contribution is 7.80. The Kier molecular flexibility index (Phi) is 7.28. The molecule has 38 heavy (non-hydrogen) atoms. The number of benzene rings is 2. The molecule has 2 aromatic heterocycles. The van der Waals surface area contributed by atoms with E-state index in [0.717, 1.165) is 28.5 Å². The minimum absolute atomic E-state index is 0.185. The number of carbonyl (C=O) groups is 1. The molecule has 0 bridgehead atoms. The summed E-state index contributed by atoms with van der Waals surface area (Å²) in [6.45, 7) is 4.05. The zero-order chi connectivity index (χ0) is 26.6. The standard InChI is InChI=1S/C29H29N5O3S/c1-4-37-22-13-10-20(11-14-22)33-17-7-9-25(33)28-27(23-8-5-6-16-30-23)32-29(38)34(28)21-12-15-26(36-3)24(18-21)31-19(2)35/h5-18,27-28H,4H2,1-3H3,(H,31,35)(H,32,38)/t27-,28+/m0/s1. The van der Waals surface area contributed by atoms with Gasteiger partial charge in [-0.05, 0) is 85.9 Å². The molecule has 2 N–H and O–H groups in total. The van der Waals surface area contributed by atoms with Gasteiger partial charge >= 0.3 is 0 Å². The highest BCUT2D eigenvalue weighted by Crippen LogP contribution is 2.43. The van der Waals surface area contributed by atoms with E-state index in [9.17, 15) is 4.79 Å². The van der Waals surface area contributed by atoms with Gasteiger partial charge < -0.3 is 29.6 Å². The fourth-order valence-corrected chi connectivity index (χ4v) is 5.15. The molecule has 0 aliphatic carbocycles. The van der Waals surface area contributed by atoms with Crippen LogP contribution in [0.2, 0.25) is 0 Å². The highest BCUT2D eigenvalue weighted by atomic mass is 32.1. The topological polar surface area (TPSA) is 80.7 Å². The lowest BCUT2D eigenvalue weighted by Crippen LogP contribution is -2.30. The minimum Gasteiger partial charge on any atom is -0.495 e. The van der Waals surface area contributed by atoms with Gasteiger partial charge in [0.2, 0.25) is 5.91 Å². The Labute approximate surface area is 227 Å². The molecule has 0 radical (unpaired) electrons. The molecule has 194 valence electrons. The molecule has 1 aliphatic rings. The lowest BCUT2D eigenvalue weighted by Gasteiger charge is -2.29. The van der Waals surface area contributed by atoms with Crippen molar-refractivity contribution in [3.8, 4) is 17.2 Å². The summed E-state index contributed by atoms with van der Waals surface area (Å²) < 4.78 is 13.3. The monoisotopic (exact) mass is 527 g/mol. The molecular formula is C29H29N5O3S. The largest absolute Gasteiger partial charge is 0.495 e. The number of ether oxygens (including phenoxy) is 2. The first-order chi connectivity index (χ1) is 18.5. The number of aromatic nitrogens is 2. The maximum absolute atomic E-state index is 11.9. The van der Waals surface area contributed by atoms with Gasteiger partial charge in [0.1, 0.15) is 17.5 Å². The van der Waals surface area contributed by atoms with Crippen molar-refractivity contribution in [3.05, 3.63) is 96.6 Å². The first-order valence-corrected chi connectivity index (χ1v) is 12.8. The summed E-state index contributed by atoms with van der Waals surface area (Å²) in [5, 5.41) is 6.92. The highest BCUT2D eigenvalue weighted by Gasteiger charge is 2.42. The van der Waals surface area contributed by atoms with E-state index < -0.39 is 0 Å². The number of nitrogens with one attached hydrogen (secondary N) is 2. The maximum atomic E-state index is 11.9. The summed E-state index contributed by atoms with van der Waals surface area (Å²) in [6, 6.07) is 23.2. The predicted octanol–water partition coefficient (Wildman–Crippen LogP) is 5.42. The third-order valence-electron chi connectivity index (χ3n) is 6.38. The average Bonchev–Trinajstić information content (AvgIpc) is 3.54. The molecular weight excluding hydrogens is 498 g/mol. The third-order valence-corrected chi connectivity index (χ3v) is 6.69. The van der Waals surface area contributed by atoms with E-state index in [1.807, 2.05) is 79.9 Å². The Hall–Kier alpha value is -4.37. The van der Waals surface area contributed by atoms with Crippen molar-refractivity contribution in [2.45, 2.75) is 25.9 Å². The van der Waals surface area contributed by atoms with Crippen molar-refractivity contribution in [2.75, 3.05) is 23.9 Å². The van der Waals surface area contributed by atoms with Gasteiger partial charge in [0.15, 0.2) is 5.11 Å². The number of thiocarbonyl (C=S) groups is 1. The fourth-order valence-electron chi connectivity index (χ4n) is 4.81. The van der Waals surface area contributed by atoms with Gasteiger partial charge in [-0.2, -0.15) is 0 Å². The third kappa shape index (κ3) is 4.92. The lowest BCUT2D eigenvalue weighted by molar-refractivity contribution is -0.114. The lowest BCUT2D eigenvalue weighted by atomic mass is 10.0. The summed E-state index contributed by atoms with van der Waals surface area (Å²) in [5.41, 5.74) is 4.28. The number of amides is 1. The van der Waals surface area contributed by atoms with Crippen LogP contribution in [0.3, 0.4) is 0 Å². The number of hydrogen-bond donors (Lipinski definition) is 2. The second-order valence-corrected chi connectivity index (χ2v) is 9.18. The second-order valence-electron chi connectivity index (χ2n) is 8.79. The van der Waals surface area contributed by atoms with Gasteiger partial charge in [-0.3, -0.25) is 9.78 Å². The van der Waals surface area contributed by atoms with E-state index in [-0.39, 0.29) is 18.0 Å². The fraction of sp³-hybridized carbons (Fsp3) is 0.207. The summed E-state index contributed by atoms with van der Waals surface area (Å²) in [5.74, 6) is 1.21. The molecule has 2 aromatic carbocycles. The normalized spacial score (nSPS) is 16.7. The second kappa shape index (κ2) is 10.9. The summed E-state index contributed by atoms with van der Waals surface area (Å²) in [7, 11) is 1.58. The van der Waals surface area contributed by atoms with E-state index >= 15 is 0 Å². The molecule has 0 spiro atoms. The van der Waals surface area contributed by atoms with E-state index in [4.69, 9.17) is 21.7 Å². The van der Waals surface area contributed by atoms with Crippen molar-refractivity contribution in [1.29, 1.82) is 0 Å².